The first kappa shape index (κ1) is 13.4. The predicted molar refractivity (Wildman–Crippen MR) is 60.9 cm³/mol. The number of Topliss-reactive ketones (excluding diaryl/α,β-unsaturated/α-hetero) is 2. The molecule has 1 aliphatic rings. The van der Waals surface area contributed by atoms with E-state index in [0.29, 0.717) is 12.8 Å². The Morgan fingerprint density at radius 3 is 2.82 bits per heavy atom. The van der Waals surface area contributed by atoms with Crippen molar-refractivity contribution in [2.24, 2.45) is 11.8 Å². The van der Waals surface area contributed by atoms with Crippen LogP contribution in [-0.2, 0) is 19.1 Å². The average Bonchev–Trinajstić information content (AvgIpc) is 2.28. The molecule has 0 aliphatic heterocycles. The third kappa shape index (κ3) is 3.42. The molecule has 1 rings (SSSR count). The van der Waals surface area contributed by atoms with Crippen molar-refractivity contribution in [3.63, 3.8) is 0 Å². The maximum Gasteiger partial charge on any atom is 0.316 e. The number of unbranched alkanes of at least 4 members (excludes halogenated alkanes) is 1. The van der Waals surface area contributed by atoms with Crippen molar-refractivity contribution in [1.29, 1.82) is 0 Å². The van der Waals surface area contributed by atoms with Crippen molar-refractivity contribution in [3.8, 4) is 12.3 Å². The first-order valence-corrected chi connectivity index (χ1v) is 5.65. The summed E-state index contributed by atoms with van der Waals surface area (Å²) >= 11 is 0. The number of terminal acetylenes is 1. The zero-order valence-electron chi connectivity index (χ0n) is 9.90. The van der Waals surface area contributed by atoms with Crippen LogP contribution in [0.3, 0.4) is 0 Å². The summed E-state index contributed by atoms with van der Waals surface area (Å²) in [4.78, 5) is 34.6. The summed E-state index contributed by atoms with van der Waals surface area (Å²) in [5.41, 5.74) is 0. The summed E-state index contributed by atoms with van der Waals surface area (Å²) in [6.45, 7) is 0. The molecule has 4 nitrogen and oxygen atoms in total. The molecule has 0 aromatic heterocycles. The minimum atomic E-state index is -0.782. The molecule has 0 radical (unpaired) electrons. The lowest BCUT2D eigenvalue weighted by Crippen LogP contribution is -2.39. The zero-order chi connectivity index (χ0) is 12.8. The number of rotatable bonds is 4. The van der Waals surface area contributed by atoms with Crippen LogP contribution in [0, 0.1) is 24.2 Å². The van der Waals surface area contributed by atoms with Crippen molar-refractivity contribution in [2.75, 3.05) is 7.11 Å². The van der Waals surface area contributed by atoms with E-state index in [0.717, 1.165) is 6.42 Å². The number of carbonyl (C=O) groups excluding carboxylic acids is 3. The summed E-state index contributed by atoms with van der Waals surface area (Å²) in [6, 6.07) is 0. The minimum Gasteiger partial charge on any atom is -0.468 e. The van der Waals surface area contributed by atoms with E-state index in [1.807, 2.05) is 0 Å². The number of ketones is 2. The second-order valence-electron chi connectivity index (χ2n) is 4.24. The first-order chi connectivity index (χ1) is 8.10. The van der Waals surface area contributed by atoms with Crippen LogP contribution in [-0.4, -0.2) is 24.6 Å². The molecule has 0 aromatic carbocycles. The van der Waals surface area contributed by atoms with E-state index in [4.69, 9.17) is 6.42 Å². The van der Waals surface area contributed by atoms with E-state index in [1.165, 1.54) is 7.11 Å². The molecule has 0 heterocycles. The summed E-state index contributed by atoms with van der Waals surface area (Å²) in [6.07, 6.45) is 7.19. The van der Waals surface area contributed by atoms with Crippen LogP contribution < -0.4 is 0 Å². The highest BCUT2D eigenvalue weighted by Gasteiger charge is 2.40. The van der Waals surface area contributed by atoms with E-state index >= 15 is 0 Å². The molecule has 1 fully saturated rings. The fraction of sp³-hybridized carbons (Fsp3) is 0.615. The van der Waals surface area contributed by atoms with Crippen molar-refractivity contribution in [2.45, 2.75) is 32.1 Å². The summed E-state index contributed by atoms with van der Waals surface area (Å²) in [7, 11) is 1.25. The molecule has 92 valence electrons. The number of hydrogen-bond donors (Lipinski definition) is 0. The van der Waals surface area contributed by atoms with Gasteiger partial charge < -0.3 is 4.74 Å². The molecular weight excluding hydrogens is 220 g/mol. The van der Waals surface area contributed by atoms with Crippen LogP contribution in [0.25, 0.3) is 0 Å². The standard InChI is InChI=1S/C13H16O4/c1-3-4-5-6-9-7-10(14)8-11(15)12(9)13(16)17-2/h1,9,12H,4-8H2,2H3. The fourth-order valence-electron chi connectivity index (χ4n) is 2.24. The Morgan fingerprint density at radius 1 is 1.53 bits per heavy atom. The Morgan fingerprint density at radius 2 is 2.24 bits per heavy atom. The molecule has 0 aromatic rings. The Labute approximate surface area is 101 Å². The normalized spacial score (nSPS) is 24.2. The number of hydrogen-bond acceptors (Lipinski definition) is 4. The number of esters is 1. The van der Waals surface area contributed by atoms with Crippen molar-refractivity contribution in [1.82, 2.24) is 0 Å². The van der Waals surface area contributed by atoms with Gasteiger partial charge in [-0.25, -0.2) is 0 Å². The topological polar surface area (TPSA) is 60.4 Å². The molecule has 1 aliphatic carbocycles. The molecule has 2 atom stereocenters. The lowest BCUT2D eigenvalue weighted by atomic mass is 9.75. The Kier molecular flexibility index (Phi) is 4.89. The SMILES string of the molecule is C#CCCCC1CC(=O)CC(=O)C1C(=O)OC. The van der Waals surface area contributed by atoms with Crippen LogP contribution in [0.4, 0.5) is 0 Å². The van der Waals surface area contributed by atoms with Crippen molar-refractivity contribution in [3.05, 3.63) is 0 Å². The first-order valence-electron chi connectivity index (χ1n) is 5.65. The molecule has 0 saturated heterocycles. The van der Waals surface area contributed by atoms with Gasteiger partial charge in [0.15, 0.2) is 5.78 Å². The summed E-state index contributed by atoms with van der Waals surface area (Å²) in [5, 5.41) is 0. The van der Waals surface area contributed by atoms with Gasteiger partial charge in [-0.2, -0.15) is 0 Å². The molecule has 0 spiro atoms. The second kappa shape index (κ2) is 6.19. The van der Waals surface area contributed by atoms with E-state index in [-0.39, 0.29) is 30.3 Å². The molecule has 0 bridgehead atoms. The fourth-order valence-corrected chi connectivity index (χ4v) is 2.24. The molecule has 0 amide bonds. The van der Waals surface area contributed by atoms with Crippen molar-refractivity contribution < 1.29 is 19.1 Å². The highest BCUT2D eigenvalue weighted by atomic mass is 16.5. The lowest BCUT2D eigenvalue weighted by molar-refractivity contribution is -0.154. The van der Waals surface area contributed by atoms with E-state index in [9.17, 15) is 14.4 Å². The van der Waals surface area contributed by atoms with Gasteiger partial charge in [0.25, 0.3) is 0 Å². The quantitative estimate of drug-likeness (QED) is 0.318. The highest BCUT2D eigenvalue weighted by Crippen LogP contribution is 2.30. The smallest absolute Gasteiger partial charge is 0.316 e. The van der Waals surface area contributed by atoms with Crippen LogP contribution in [0.1, 0.15) is 32.1 Å². The van der Waals surface area contributed by atoms with Crippen LogP contribution in [0.5, 0.6) is 0 Å². The molecule has 2 unspecified atom stereocenters. The predicted octanol–water partition coefficient (Wildman–Crippen LogP) is 1.13. The average molecular weight is 236 g/mol. The number of methoxy groups -OCH3 is 1. The minimum absolute atomic E-state index is 0.0964. The van der Waals surface area contributed by atoms with Gasteiger partial charge in [-0.15, -0.1) is 12.3 Å². The van der Waals surface area contributed by atoms with Crippen molar-refractivity contribution >= 4 is 17.5 Å². The molecule has 4 heteroatoms. The highest BCUT2D eigenvalue weighted by molar-refractivity contribution is 6.10. The molecular formula is C13H16O4. The summed E-state index contributed by atoms with van der Waals surface area (Å²) < 4.78 is 4.62. The Hall–Kier alpha value is -1.63. The van der Waals surface area contributed by atoms with Gasteiger partial charge in [-0.05, 0) is 18.8 Å². The van der Waals surface area contributed by atoms with Crippen LogP contribution >= 0.6 is 0 Å². The number of ether oxygens (including phenoxy) is 1. The second-order valence-corrected chi connectivity index (χ2v) is 4.24. The van der Waals surface area contributed by atoms with Gasteiger partial charge in [0, 0.05) is 12.8 Å². The molecule has 0 N–H and O–H groups in total. The third-order valence-electron chi connectivity index (χ3n) is 3.03. The monoisotopic (exact) mass is 236 g/mol. The maximum absolute atomic E-state index is 11.7. The van der Waals surface area contributed by atoms with Gasteiger partial charge in [0.2, 0.25) is 0 Å². The molecule has 17 heavy (non-hydrogen) atoms. The van der Waals surface area contributed by atoms with E-state index in [2.05, 4.69) is 10.7 Å². The summed E-state index contributed by atoms with van der Waals surface area (Å²) in [5.74, 6) is 0.523. The number of carbonyl (C=O) groups is 3. The van der Waals surface area contributed by atoms with Gasteiger partial charge in [0.05, 0.1) is 13.5 Å². The van der Waals surface area contributed by atoms with Crippen LogP contribution in [0.15, 0.2) is 0 Å². The van der Waals surface area contributed by atoms with E-state index in [1.54, 1.807) is 0 Å². The van der Waals surface area contributed by atoms with Gasteiger partial charge in [-0.1, -0.05) is 0 Å². The van der Waals surface area contributed by atoms with Crippen LogP contribution in [0.2, 0.25) is 0 Å². The third-order valence-corrected chi connectivity index (χ3v) is 3.03. The largest absolute Gasteiger partial charge is 0.468 e. The molecule has 1 saturated carbocycles. The maximum atomic E-state index is 11.7. The van der Waals surface area contributed by atoms with Gasteiger partial charge in [-0.3, -0.25) is 14.4 Å². The zero-order valence-corrected chi connectivity index (χ0v) is 9.90. The van der Waals surface area contributed by atoms with E-state index < -0.39 is 11.9 Å². The van der Waals surface area contributed by atoms with Gasteiger partial charge >= 0.3 is 5.97 Å². The Bertz CT molecular complexity index is 364. The van der Waals surface area contributed by atoms with Gasteiger partial charge in [0.1, 0.15) is 11.7 Å². The lowest BCUT2D eigenvalue weighted by Gasteiger charge is -2.27. The Balaban J connectivity index is 2.72.